The van der Waals surface area contributed by atoms with E-state index in [1.165, 1.54) is 6.33 Å². The Labute approximate surface area is 286 Å². The van der Waals surface area contributed by atoms with E-state index < -0.39 is 48.1 Å². The van der Waals surface area contributed by atoms with Gasteiger partial charge < -0.3 is 35.5 Å². The van der Waals surface area contributed by atoms with Crippen LogP contribution in [-0.4, -0.2) is 69.8 Å². The van der Waals surface area contributed by atoms with Crippen LogP contribution < -0.4 is 16.0 Å². The summed E-state index contributed by atoms with van der Waals surface area (Å²) in [5.41, 5.74) is 2.10. The van der Waals surface area contributed by atoms with E-state index in [1.807, 2.05) is 86.6 Å². The zero-order valence-electron chi connectivity index (χ0n) is 28.1. The lowest BCUT2D eigenvalue weighted by Crippen LogP contribution is -2.58. The van der Waals surface area contributed by atoms with Crippen LogP contribution in [0.4, 0.5) is 4.79 Å². The van der Waals surface area contributed by atoms with Crippen molar-refractivity contribution in [2.45, 2.75) is 77.3 Å². The van der Waals surface area contributed by atoms with Crippen LogP contribution in [0.5, 0.6) is 0 Å². The number of esters is 1. The molecule has 5 N–H and O–H groups in total. The van der Waals surface area contributed by atoms with E-state index in [-0.39, 0.29) is 38.4 Å². The number of carbonyl (C=O) groups excluding carboxylic acids is 4. The van der Waals surface area contributed by atoms with Crippen molar-refractivity contribution in [3.63, 3.8) is 0 Å². The molecule has 0 aliphatic heterocycles. The van der Waals surface area contributed by atoms with Crippen molar-refractivity contribution in [3.05, 3.63) is 102 Å². The number of hydrogen-bond donors (Lipinski definition) is 5. The molecule has 3 aromatic carbocycles. The van der Waals surface area contributed by atoms with Crippen molar-refractivity contribution < 1.29 is 33.8 Å². The highest BCUT2D eigenvalue weighted by molar-refractivity contribution is 5.93. The van der Waals surface area contributed by atoms with E-state index in [4.69, 9.17) is 9.47 Å². The fourth-order valence-corrected chi connectivity index (χ4v) is 5.55. The minimum Gasteiger partial charge on any atom is -0.466 e. The number of H-pyrrole nitrogens is 1. The fraction of sp³-hybridized carbons (Fsp3) is 0.378. The standard InChI is InChI=1S/C37H45N5O7/c1-4-24(3)34(32(43)20-33(44)48-5-2)42-36(46)31(19-28-21-38-23-39-28)40-35(45)30(41-37(47)49-22-25-12-7-6-8-13-25)18-27-16-11-15-26-14-9-10-17-29(26)27/h6-17,21,23-24,30-32,34,43H,4-5,18-20,22H2,1-3H3,(H,38,39)(H,40,45)(H,41,47)(H,42,46)/t24?,30-,31+,32+,34+/m1/s1. The van der Waals surface area contributed by atoms with Gasteiger partial charge in [0.05, 0.1) is 37.2 Å². The molecule has 12 heteroatoms. The Bertz CT molecular complexity index is 1660. The lowest BCUT2D eigenvalue weighted by molar-refractivity contribution is -0.146. The summed E-state index contributed by atoms with van der Waals surface area (Å²) in [6, 6.07) is 19.5. The molecule has 1 unspecified atom stereocenters. The van der Waals surface area contributed by atoms with Gasteiger partial charge in [0.15, 0.2) is 0 Å². The van der Waals surface area contributed by atoms with Gasteiger partial charge in [-0.15, -0.1) is 0 Å². The van der Waals surface area contributed by atoms with Crippen LogP contribution >= 0.6 is 0 Å². The van der Waals surface area contributed by atoms with Gasteiger partial charge in [-0.2, -0.15) is 0 Å². The lowest BCUT2D eigenvalue weighted by Gasteiger charge is -2.31. The molecule has 1 heterocycles. The van der Waals surface area contributed by atoms with Crippen LogP contribution in [0.15, 0.2) is 85.3 Å². The summed E-state index contributed by atoms with van der Waals surface area (Å²) in [5.74, 6) is -2.00. The summed E-state index contributed by atoms with van der Waals surface area (Å²) in [5, 5.41) is 21.2. The number of alkyl carbamates (subject to hydrolysis) is 1. The van der Waals surface area contributed by atoms with Gasteiger partial charge >= 0.3 is 12.1 Å². The van der Waals surface area contributed by atoms with Gasteiger partial charge in [0, 0.05) is 19.0 Å². The SMILES string of the molecule is CCOC(=O)C[C@H](O)[C@@H](NC(=O)[C@H](Cc1c[nH]cn1)NC(=O)[C@@H](Cc1cccc2ccccc12)NC(=O)OCc1ccccc1)C(C)CC. The Morgan fingerprint density at radius 1 is 0.837 bits per heavy atom. The minimum absolute atomic E-state index is 0.00456. The number of benzene rings is 3. The second-order valence-corrected chi connectivity index (χ2v) is 11.9. The monoisotopic (exact) mass is 671 g/mol. The number of aliphatic hydroxyl groups is 1. The molecule has 4 rings (SSSR count). The van der Waals surface area contributed by atoms with E-state index in [2.05, 4.69) is 25.9 Å². The van der Waals surface area contributed by atoms with E-state index in [0.717, 1.165) is 21.9 Å². The van der Waals surface area contributed by atoms with Crippen molar-refractivity contribution in [1.82, 2.24) is 25.9 Å². The number of fused-ring (bicyclic) bond motifs is 1. The van der Waals surface area contributed by atoms with Crippen molar-refractivity contribution >= 4 is 34.6 Å². The third kappa shape index (κ3) is 10.9. The molecule has 1 aromatic heterocycles. The maximum Gasteiger partial charge on any atom is 0.408 e. The number of amides is 3. The molecule has 0 radical (unpaired) electrons. The lowest BCUT2D eigenvalue weighted by atomic mass is 9.92. The van der Waals surface area contributed by atoms with E-state index in [0.29, 0.717) is 12.1 Å². The summed E-state index contributed by atoms with van der Waals surface area (Å²) in [6.07, 6.45) is 1.48. The molecule has 0 saturated carbocycles. The summed E-state index contributed by atoms with van der Waals surface area (Å²) < 4.78 is 10.5. The van der Waals surface area contributed by atoms with Gasteiger partial charge in [0.2, 0.25) is 11.8 Å². The third-order valence-electron chi connectivity index (χ3n) is 8.39. The minimum atomic E-state index is -1.22. The summed E-state index contributed by atoms with van der Waals surface area (Å²) in [7, 11) is 0. The topological polar surface area (TPSA) is 172 Å². The smallest absolute Gasteiger partial charge is 0.408 e. The number of hydrogen-bond acceptors (Lipinski definition) is 8. The summed E-state index contributed by atoms with van der Waals surface area (Å²) >= 11 is 0. The zero-order valence-corrected chi connectivity index (χ0v) is 28.1. The molecule has 5 atom stereocenters. The van der Waals surface area contributed by atoms with Gasteiger partial charge in [-0.25, -0.2) is 9.78 Å². The molecule has 12 nitrogen and oxygen atoms in total. The van der Waals surface area contributed by atoms with Gasteiger partial charge in [-0.05, 0) is 34.7 Å². The van der Waals surface area contributed by atoms with Crippen LogP contribution in [0, 0.1) is 5.92 Å². The van der Waals surface area contributed by atoms with E-state index in [9.17, 15) is 24.3 Å². The zero-order chi connectivity index (χ0) is 35.2. The first kappa shape index (κ1) is 36.6. The second-order valence-electron chi connectivity index (χ2n) is 11.9. The Morgan fingerprint density at radius 3 is 2.24 bits per heavy atom. The molecule has 0 bridgehead atoms. The third-order valence-corrected chi connectivity index (χ3v) is 8.39. The number of ether oxygens (including phenoxy) is 2. The average molecular weight is 672 g/mol. The maximum atomic E-state index is 14.1. The molecular formula is C37H45N5O7. The number of carbonyl (C=O) groups is 4. The van der Waals surface area contributed by atoms with Crippen molar-refractivity contribution in [2.75, 3.05) is 6.61 Å². The molecule has 3 amide bonds. The maximum absolute atomic E-state index is 14.1. The molecule has 0 saturated heterocycles. The van der Waals surface area contributed by atoms with Gasteiger partial charge in [0.1, 0.15) is 18.7 Å². The number of nitrogens with one attached hydrogen (secondary N) is 4. The van der Waals surface area contributed by atoms with Gasteiger partial charge in [-0.1, -0.05) is 93.1 Å². The van der Waals surface area contributed by atoms with Crippen molar-refractivity contribution in [3.8, 4) is 0 Å². The van der Waals surface area contributed by atoms with Crippen LogP contribution in [0.3, 0.4) is 0 Å². The Hall–Kier alpha value is -5.23. The van der Waals surface area contributed by atoms with Crippen LogP contribution in [0.2, 0.25) is 0 Å². The fourth-order valence-electron chi connectivity index (χ4n) is 5.55. The largest absolute Gasteiger partial charge is 0.466 e. The molecule has 0 aliphatic carbocycles. The average Bonchev–Trinajstić information content (AvgIpc) is 3.62. The predicted octanol–water partition coefficient (Wildman–Crippen LogP) is 3.97. The molecule has 0 spiro atoms. The number of nitrogens with zero attached hydrogens (tertiary/aromatic N) is 1. The highest BCUT2D eigenvalue weighted by Gasteiger charge is 2.33. The molecule has 0 aliphatic rings. The van der Waals surface area contributed by atoms with Crippen LogP contribution in [0.1, 0.15) is 50.4 Å². The first-order valence-electron chi connectivity index (χ1n) is 16.5. The highest BCUT2D eigenvalue weighted by atomic mass is 16.5. The van der Waals surface area contributed by atoms with Crippen molar-refractivity contribution in [2.24, 2.45) is 5.92 Å². The van der Waals surface area contributed by atoms with Crippen molar-refractivity contribution in [1.29, 1.82) is 0 Å². The quantitative estimate of drug-likeness (QED) is 0.105. The predicted molar refractivity (Wildman–Crippen MR) is 184 cm³/mol. The molecule has 4 aromatic rings. The molecule has 49 heavy (non-hydrogen) atoms. The molecule has 260 valence electrons. The Balaban J connectivity index is 1.58. The van der Waals surface area contributed by atoms with E-state index in [1.54, 1.807) is 13.1 Å². The first-order chi connectivity index (χ1) is 23.7. The van der Waals surface area contributed by atoms with Gasteiger partial charge in [-0.3, -0.25) is 14.4 Å². The first-order valence-corrected chi connectivity index (χ1v) is 16.5. The van der Waals surface area contributed by atoms with Crippen LogP contribution in [-0.2, 0) is 43.3 Å². The number of imidazole rings is 1. The molecule has 0 fully saturated rings. The highest BCUT2D eigenvalue weighted by Crippen LogP contribution is 2.20. The summed E-state index contributed by atoms with van der Waals surface area (Å²) in [4.78, 5) is 60.2. The number of aliphatic hydroxyl groups excluding tert-OH is 1. The number of aromatic amines is 1. The summed E-state index contributed by atoms with van der Waals surface area (Å²) in [6.45, 7) is 5.60. The number of aromatic nitrogens is 2. The number of rotatable bonds is 17. The van der Waals surface area contributed by atoms with E-state index >= 15 is 0 Å². The Morgan fingerprint density at radius 2 is 1.53 bits per heavy atom. The molecular weight excluding hydrogens is 626 g/mol. The second kappa shape index (κ2) is 18.3. The van der Waals surface area contributed by atoms with Crippen LogP contribution in [0.25, 0.3) is 10.8 Å². The Kier molecular flexibility index (Phi) is 13.7. The normalized spacial score (nSPS) is 14.1. The van der Waals surface area contributed by atoms with Gasteiger partial charge in [0.25, 0.3) is 0 Å².